The van der Waals surface area contributed by atoms with Gasteiger partial charge in [-0.1, -0.05) is 42.3 Å². The lowest BCUT2D eigenvalue weighted by Crippen LogP contribution is -2.47. The fourth-order valence-electron chi connectivity index (χ4n) is 2.08. The number of likely N-dealkylation sites (N-methyl/N-ethyl adjacent to an activating group) is 1. The van der Waals surface area contributed by atoms with Gasteiger partial charge in [0, 0.05) is 13.5 Å². The van der Waals surface area contributed by atoms with Crippen molar-refractivity contribution in [3.05, 3.63) is 35.9 Å². The summed E-state index contributed by atoms with van der Waals surface area (Å²) in [6, 6.07) is 9.58. The smallest absolute Gasteiger partial charge is 0.451 e. The number of aliphatic carboxylic acids is 1. The van der Waals surface area contributed by atoms with Gasteiger partial charge in [-0.2, -0.15) is 0 Å². The highest BCUT2D eigenvalue weighted by atomic mass is 16.8. The molecule has 0 bridgehead atoms. The number of guanidine groups is 1. The predicted octanol–water partition coefficient (Wildman–Crippen LogP) is 2.27. The first-order chi connectivity index (χ1) is 12.8. The molecule has 0 atom stereocenters. The number of amides is 1. The molecule has 0 saturated heterocycles. The average Bonchev–Trinajstić information content (AvgIpc) is 2.64. The maximum absolute atomic E-state index is 12.1. The minimum Gasteiger partial charge on any atom is -0.480 e. The Kier molecular flexibility index (Phi) is 9.35. The van der Waals surface area contributed by atoms with E-state index in [2.05, 4.69) is 0 Å². The summed E-state index contributed by atoms with van der Waals surface area (Å²) in [6.45, 7) is 1.33. The molecule has 9 heteroatoms. The van der Waals surface area contributed by atoms with Gasteiger partial charge in [0.2, 0.25) is 5.96 Å². The van der Waals surface area contributed by atoms with Crippen LogP contribution in [0.15, 0.2) is 30.3 Å². The van der Waals surface area contributed by atoms with Crippen molar-refractivity contribution in [2.75, 3.05) is 20.2 Å². The Morgan fingerprint density at radius 2 is 1.85 bits per heavy atom. The van der Waals surface area contributed by atoms with Gasteiger partial charge < -0.3 is 19.6 Å². The fraction of sp³-hybridized carbons (Fsp3) is 0.444. The van der Waals surface area contributed by atoms with Gasteiger partial charge in [-0.3, -0.25) is 10.2 Å². The van der Waals surface area contributed by atoms with E-state index in [0.29, 0.717) is 24.3 Å². The zero-order valence-electron chi connectivity index (χ0n) is 15.5. The molecule has 27 heavy (non-hydrogen) atoms. The number of ether oxygens (including phenoxy) is 1. The molecule has 148 valence electrons. The van der Waals surface area contributed by atoms with E-state index in [4.69, 9.17) is 20.1 Å². The molecule has 0 saturated carbocycles. The third-order valence-electron chi connectivity index (χ3n) is 3.40. The maximum Gasteiger partial charge on any atom is 0.451 e. The van der Waals surface area contributed by atoms with Crippen LogP contribution in [0.25, 0.3) is 0 Å². The summed E-state index contributed by atoms with van der Waals surface area (Å²) in [5.41, 5.74) is 1.07. The average molecular weight is 379 g/mol. The van der Waals surface area contributed by atoms with Crippen molar-refractivity contribution in [2.24, 2.45) is 0 Å². The summed E-state index contributed by atoms with van der Waals surface area (Å²) in [6.07, 6.45) is 0.687. The third-order valence-corrected chi connectivity index (χ3v) is 3.40. The Labute approximate surface area is 157 Å². The largest absolute Gasteiger partial charge is 0.480 e. The summed E-state index contributed by atoms with van der Waals surface area (Å²) < 4.78 is 4.90. The van der Waals surface area contributed by atoms with Gasteiger partial charge in [0.1, 0.15) is 6.54 Å². The molecule has 0 unspecified atom stereocenters. The highest BCUT2D eigenvalue weighted by Gasteiger charge is 2.28. The SMILES string of the molecule is CCCOC(=O)N(OC(=O)CCCc1ccccc1)C(=N)N(C)CC(=O)O. The molecule has 0 fully saturated rings. The van der Waals surface area contributed by atoms with E-state index >= 15 is 0 Å². The number of nitrogens with zero attached hydrogens (tertiary/aromatic N) is 2. The topological polar surface area (TPSA) is 120 Å². The Bertz CT molecular complexity index is 650. The molecule has 0 radical (unpaired) electrons. The van der Waals surface area contributed by atoms with Crippen LogP contribution in [-0.2, 0) is 25.6 Å². The first kappa shape index (κ1) is 21.9. The van der Waals surface area contributed by atoms with Gasteiger partial charge in [-0.15, -0.1) is 0 Å². The van der Waals surface area contributed by atoms with Crippen molar-refractivity contribution < 1.29 is 29.1 Å². The molecule has 2 N–H and O–H groups in total. The second kappa shape index (κ2) is 11.5. The molecule has 0 aliphatic carbocycles. The van der Waals surface area contributed by atoms with Crippen LogP contribution in [0.1, 0.15) is 31.7 Å². The number of hydrogen-bond donors (Lipinski definition) is 2. The van der Waals surface area contributed by atoms with Crippen LogP contribution in [0.2, 0.25) is 0 Å². The lowest BCUT2D eigenvalue weighted by molar-refractivity contribution is -0.169. The first-order valence-electron chi connectivity index (χ1n) is 8.58. The summed E-state index contributed by atoms with van der Waals surface area (Å²) in [5, 5.41) is 17.1. The molecular formula is C18H25N3O6. The number of hydrogen-bond acceptors (Lipinski definition) is 6. The first-order valence-corrected chi connectivity index (χ1v) is 8.58. The van der Waals surface area contributed by atoms with Gasteiger partial charge >= 0.3 is 18.0 Å². The predicted molar refractivity (Wildman–Crippen MR) is 96.9 cm³/mol. The quantitative estimate of drug-likeness (QED) is 0.404. The number of carboxylic acids is 1. The number of nitrogens with one attached hydrogen (secondary N) is 1. The molecule has 1 amide bonds. The number of benzene rings is 1. The lowest BCUT2D eigenvalue weighted by atomic mass is 10.1. The van der Waals surface area contributed by atoms with Crippen LogP contribution in [0.5, 0.6) is 0 Å². The van der Waals surface area contributed by atoms with E-state index in [1.165, 1.54) is 7.05 Å². The van der Waals surface area contributed by atoms with Crippen LogP contribution < -0.4 is 0 Å². The summed E-state index contributed by atoms with van der Waals surface area (Å²) >= 11 is 0. The third kappa shape index (κ3) is 8.21. The Hall–Kier alpha value is -3.10. The molecule has 1 aromatic rings. The monoisotopic (exact) mass is 379 g/mol. The van der Waals surface area contributed by atoms with Gasteiger partial charge in [0.25, 0.3) is 0 Å². The van der Waals surface area contributed by atoms with E-state index in [-0.39, 0.29) is 13.0 Å². The second-order valence-corrected chi connectivity index (χ2v) is 5.78. The van der Waals surface area contributed by atoms with E-state index in [0.717, 1.165) is 10.5 Å². The highest BCUT2D eigenvalue weighted by Crippen LogP contribution is 2.08. The lowest BCUT2D eigenvalue weighted by Gasteiger charge is -2.26. The van der Waals surface area contributed by atoms with Crippen LogP contribution in [-0.4, -0.2) is 59.3 Å². The number of carboxylic acid groups (broad SMARTS) is 1. The van der Waals surface area contributed by atoms with Crippen LogP contribution in [0, 0.1) is 5.41 Å². The number of rotatable bonds is 8. The highest BCUT2D eigenvalue weighted by molar-refractivity contribution is 5.93. The molecule has 0 heterocycles. The van der Waals surface area contributed by atoms with Crippen LogP contribution >= 0.6 is 0 Å². The standard InChI is InChI=1S/C18H25N3O6/c1-3-12-26-18(25)21(17(19)20(2)13-15(22)23)27-16(24)11-7-10-14-8-5-4-6-9-14/h4-6,8-9,19H,3,7,10-13H2,1-2H3,(H,22,23). The van der Waals surface area contributed by atoms with Crippen molar-refractivity contribution in [1.29, 1.82) is 5.41 Å². The van der Waals surface area contributed by atoms with Crippen molar-refractivity contribution >= 4 is 24.0 Å². The zero-order valence-corrected chi connectivity index (χ0v) is 15.5. The molecular weight excluding hydrogens is 354 g/mol. The van der Waals surface area contributed by atoms with Crippen molar-refractivity contribution in [2.45, 2.75) is 32.6 Å². The van der Waals surface area contributed by atoms with E-state index < -0.39 is 30.5 Å². The molecule has 1 rings (SSSR count). The molecule has 0 aromatic heterocycles. The van der Waals surface area contributed by atoms with Crippen LogP contribution in [0.3, 0.4) is 0 Å². The van der Waals surface area contributed by atoms with Crippen molar-refractivity contribution in [3.63, 3.8) is 0 Å². The Balaban J connectivity index is 2.65. The molecule has 1 aromatic carbocycles. The number of aryl methyl sites for hydroxylation is 1. The van der Waals surface area contributed by atoms with Crippen LogP contribution in [0.4, 0.5) is 4.79 Å². The minimum atomic E-state index is -1.20. The molecule has 0 aliphatic heterocycles. The summed E-state index contributed by atoms with van der Waals surface area (Å²) in [4.78, 5) is 40.9. The van der Waals surface area contributed by atoms with E-state index in [1.807, 2.05) is 30.3 Å². The van der Waals surface area contributed by atoms with Gasteiger partial charge in [-0.25, -0.2) is 9.59 Å². The normalized spacial score (nSPS) is 10.0. The molecule has 0 spiro atoms. The fourth-order valence-corrected chi connectivity index (χ4v) is 2.08. The zero-order chi connectivity index (χ0) is 20.2. The Morgan fingerprint density at radius 3 is 2.44 bits per heavy atom. The molecule has 9 nitrogen and oxygen atoms in total. The van der Waals surface area contributed by atoms with Gasteiger partial charge in [0.15, 0.2) is 0 Å². The number of hydroxylamine groups is 2. The minimum absolute atomic E-state index is 0.0301. The molecule has 0 aliphatic rings. The van der Waals surface area contributed by atoms with E-state index in [9.17, 15) is 14.4 Å². The maximum atomic E-state index is 12.1. The number of carbonyl (C=O) groups is 3. The summed E-state index contributed by atoms with van der Waals surface area (Å²) in [7, 11) is 1.29. The van der Waals surface area contributed by atoms with Gasteiger partial charge in [0.05, 0.1) is 6.61 Å². The Morgan fingerprint density at radius 1 is 1.19 bits per heavy atom. The summed E-state index contributed by atoms with van der Waals surface area (Å²) in [5.74, 6) is -2.51. The van der Waals surface area contributed by atoms with Crippen molar-refractivity contribution in [1.82, 2.24) is 9.96 Å². The van der Waals surface area contributed by atoms with Crippen molar-refractivity contribution in [3.8, 4) is 0 Å². The number of carbonyl (C=O) groups excluding carboxylic acids is 2. The van der Waals surface area contributed by atoms with Gasteiger partial charge in [-0.05, 0) is 24.8 Å². The van der Waals surface area contributed by atoms with E-state index in [1.54, 1.807) is 6.92 Å². The second-order valence-electron chi connectivity index (χ2n) is 5.78.